The summed E-state index contributed by atoms with van der Waals surface area (Å²) in [5.41, 5.74) is 0.746. The van der Waals surface area contributed by atoms with Crippen LogP contribution in [0.15, 0.2) is 30.3 Å². The molecule has 196 valence electrons. The van der Waals surface area contributed by atoms with Gasteiger partial charge in [0, 0.05) is 6.08 Å². The summed E-state index contributed by atoms with van der Waals surface area (Å²) in [4.78, 5) is 24.2. The minimum atomic E-state index is -4.20. The first-order valence-electron chi connectivity index (χ1n) is 13.0. The fourth-order valence-electron chi connectivity index (χ4n) is 4.30. The zero-order valence-corrected chi connectivity index (χ0v) is 20.8. The number of unbranched alkanes of at least 4 members (excludes halogenated alkanes) is 8. The average molecular weight is 497 g/mol. The third kappa shape index (κ3) is 11.8. The Morgan fingerprint density at radius 3 is 2.03 bits per heavy atom. The van der Waals surface area contributed by atoms with E-state index in [2.05, 4.69) is 6.92 Å². The van der Waals surface area contributed by atoms with Crippen molar-refractivity contribution in [1.29, 1.82) is 0 Å². The van der Waals surface area contributed by atoms with Crippen LogP contribution in [-0.4, -0.2) is 24.7 Å². The molecule has 0 radical (unpaired) electrons. The summed E-state index contributed by atoms with van der Waals surface area (Å²) in [5.74, 6) is -2.38. The highest BCUT2D eigenvalue weighted by Gasteiger charge is 2.42. The van der Waals surface area contributed by atoms with E-state index in [9.17, 15) is 22.8 Å². The van der Waals surface area contributed by atoms with Gasteiger partial charge in [0.05, 0.1) is 18.4 Å². The van der Waals surface area contributed by atoms with Crippen molar-refractivity contribution in [2.45, 2.75) is 96.6 Å². The molecule has 0 unspecified atom stereocenters. The number of carbonyl (C=O) groups is 2. The van der Waals surface area contributed by atoms with E-state index in [1.165, 1.54) is 51.0 Å². The Kier molecular flexibility index (Phi) is 12.9. The standard InChI is InChI=1S/C28H39F3O4/c1-2-3-4-5-6-7-8-9-10-21-34-26(32)20-13-22-11-18-25(19-12-22)35-27(33)23-14-16-24(17-15-23)28(29,30)31/h11-13,18-20,23-24H,2-10,14-17,21H2,1H3. The highest BCUT2D eigenvalue weighted by Crippen LogP contribution is 2.39. The Morgan fingerprint density at radius 2 is 1.46 bits per heavy atom. The van der Waals surface area contributed by atoms with Crippen molar-refractivity contribution in [2.24, 2.45) is 11.8 Å². The normalized spacial score (nSPS) is 18.5. The van der Waals surface area contributed by atoms with Gasteiger partial charge in [-0.15, -0.1) is 0 Å². The summed E-state index contributed by atoms with van der Waals surface area (Å²) >= 11 is 0. The van der Waals surface area contributed by atoms with Crippen LogP contribution in [0.2, 0.25) is 0 Å². The summed E-state index contributed by atoms with van der Waals surface area (Å²) in [6.07, 6.45) is 9.93. The van der Waals surface area contributed by atoms with Gasteiger partial charge in [0.15, 0.2) is 0 Å². The van der Waals surface area contributed by atoms with Crippen LogP contribution in [0.4, 0.5) is 13.2 Å². The van der Waals surface area contributed by atoms with E-state index in [4.69, 9.17) is 9.47 Å². The molecule has 1 aliphatic rings. The van der Waals surface area contributed by atoms with Crippen LogP contribution in [0.1, 0.15) is 96.0 Å². The van der Waals surface area contributed by atoms with Crippen LogP contribution in [0, 0.1) is 11.8 Å². The molecule has 1 aromatic carbocycles. The topological polar surface area (TPSA) is 52.6 Å². The molecule has 4 nitrogen and oxygen atoms in total. The molecule has 0 atom stereocenters. The second-order valence-corrected chi connectivity index (χ2v) is 9.41. The maximum Gasteiger partial charge on any atom is 0.391 e. The quantitative estimate of drug-likeness (QED) is 0.113. The van der Waals surface area contributed by atoms with Crippen molar-refractivity contribution in [1.82, 2.24) is 0 Å². The second-order valence-electron chi connectivity index (χ2n) is 9.41. The van der Waals surface area contributed by atoms with Gasteiger partial charge in [0.25, 0.3) is 0 Å². The molecule has 0 amide bonds. The van der Waals surface area contributed by atoms with E-state index in [1.807, 2.05) is 0 Å². The molecule has 1 fully saturated rings. The van der Waals surface area contributed by atoms with Crippen LogP contribution >= 0.6 is 0 Å². The van der Waals surface area contributed by atoms with Gasteiger partial charge in [-0.05, 0) is 55.9 Å². The third-order valence-electron chi connectivity index (χ3n) is 6.53. The summed E-state index contributed by atoms with van der Waals surface area (Å²) in [6.45, 7) is 2.63. The number of halogens is 3. The number of ether oxygens (including phenoxy) is 2. The van der Waals surface area contributed by atoms with E-state index in [1.54, 1.807) is 30.3 Å². The van der Waals surface area contributed by atoms with E-state index in [0.29, 0.717) is 12.4 Å². The Hall–Kier alpha value is -2.31. The van der Waals surface area contributed by atoms with Crippen molar-refractivity contribution < 1.29 is 32.2 Å². The number of benzene rings is 1. The number of carbonyl (C=O) groups excluding carboxylic acids is 2. The minimum absolute atomic E-state index is 0.0395. The van der Waals surface area contributed by atoms with Crippen molar-refractivity contribution in [2.75, 3.05) is 6.61 Å². The maximum absolute atomic E-state index is 12.8. The largest absolute Gasteiger partial charge is 0.463 e. The number of hydrogen-bond acceptors (Lipinski definition) is 4. The van der Waals surface area contributed by atoms with E-state index in [-0.39, 0.29) is 25.7 Å². The lowest BCUT2D eigenvalue weighted by atomic mass is 9.82. The van der Waals surface area contributed by atoms with Crippen LogP contribution in [-0.2, 0) is 14.3 Å². The van der Waals surface area contributed by atoms with Gasteiger partial charge in [-0.1, -0.05) is 70.4 Å². The Morgan fingerprint density at radius 1 is 0.886 bits per heavy atom. The Bertz CT molecular complexity index is 778. The highest BCUT2D eigenvalue weighted by molar-refractivity contribution is 5.87. The fourth-order valence-corrected chi connectivity index (χ4v) is 4.30. The molecule has 0 spiro atoms. The molecule has 1 aromatic rings. The molecule has 0 aliphatic heterocycles. The molecule has 0 bridgehead atoms. The average Bonchev–Trinajstić information content (AvgIpc) is 2.84. The van der Waals surface area contributed by atoms with Gasteiger partial charge in [-0.3, -0.25) is 4.79 Å². The molecule has 0 heterocycles. The highest BCUT2D eigenvalue weighted by atomic mass is 19.4. The smallest absolute Gasteiger partial charge is 0.391 e. The summed E-state index contributed by atoms with van der Waals surface area (Å²) < 4.78 is 48.9. The van der Waals surface area contributed by atoms with Gasteiger partial charge in [-0.2, -0.15) is 13.2 Å². The predicted molar refractivity (Wildman–Crippen MR) is 131 cm³/mol. The SMILES string of the molecule is CCCCCCCCCCCOC(=O)C=Cc1ccc(OC(=O)C2CCC(C(F)(F)F)CC2)cc1. The molecule has 35 heavy (non-hydrogen) atoms. The van der Waals surface area contributed by atoms with Crippen molar-refractivity contribution in [3.63, 3.8) is 0 Å². The van der Waals surface area contributed by atoms with Gasteiger partial charge in [0.2, 0.25) is 0 Å². The van der Waals surface area contributed by atoms with Crippen molar-refractivity contribution in [3.05, 3.63) is 35.9 Å². The molecule has 0 N–H and O–H groups in total. The van der Waals surface area contributed by atoms with Crippen molar-refractivity contribution >= 4 is 18.0 Å². The summed E-state index contributed by atoms with van der Waals surface area (Å²) in [6, 6.07) is 6.61. The first-order valence-corrected chi connectivity index (χ1v) is 13.0. The first kappa shape index (κ1) is 28.9. The van der Waals surface area contributed by atoms with Gasteiger partial charge in [0.1, 0.15) is 5.75 Å². The van der Waals surface area contributed by atoms with Crippen LogP contribution in [0.5, 0.6) is 5.75 Å². The molecule has 0 saturated heterocycles. The zero-order valence-electron chi connectivity index (χ0n) is 20.8. The summed E-state index contributed by atoms with van der Waals surface area (Å²) in [5, 5.41) is 0. The number of esters is 2. The van der Waals surface area contributed by atoms with E-state index >= 15 is 0 Å². The van der Waals surface area contributed by atoms with Gasteiger partial charge < -0.3 is 9.47 Å². The molecule has 1 aliphatic carbocycles. The maximum atomic E-state index is 12.8. The molecular weight excluding hydrogens is 457 g/mol. The Labute approximate surface area is 207 Å². The monoisotopic (exact) mass is 496 g/mol. The van der Waals surface area contributed by atoms with E-state index < -0.39 is 30.0 Å². The van der Waals surface area contributed by atoms with Crippen LogP contribution in [0.25, 0.3) is 6.08 Å². The van der Waals surface area contributed by atoms with Crippen LogP contribution < -0.4 is 4.74 Å². The molecule has 7 heteroatoms. The van der Waals surface area contributed by atoms with Gasteiger partial charge in [-0.25, -0.2) is 4.79 Å². The minimum Gasteiger partial charge on any atom is -0.463 e. The first-order chi connectivity index (χ1) is 16.8. The number of hydrogen-bond donors (Lipinski definition) is 0. The van der Waals surface area contributed by atoms with Gasteiger partial charge >= 0.3 is 18.1 Å². The predicted octanol–water partition coefficient (Wildman–Crippen LogP) is 8.05. The number of rotatable bonds is 14. The zero-order chi connectivity index (χ0) is 25.5. The molecular formula is C28H39F3O4. The second kappa shape index (κ2) is 15.6. The molecule has 1 saturated carbocycles. The van der Waals surface area contributed by atoms with E-state index in [0.717, 1.165) is 18.4 Å². The fraction of sp³-hybridized carbons (Fsp3) is 0.643. The lowest BCUT2D eigenvalue weighted by Gasteiger charge is -2.28. The Balaban J connectivity index is 1.61. The van der Waals surface area contributed by atoms with Crippen LogP contribution in [0.3, 0.4) is 0 Å². The lowest BCUT2D eigenvalue weighted by molar-refractivity contribution is -0.185. The van der Waals surface area contributed by atoms with Crippen molar-refractivity contribution in [3.8, 4) is 5.75 Å². The number of alkyl halides is 3. The third-order valence-corrected chi connectivity index (χ3v) is 6.53. The molecule has 0 aromatic heterocycles. The lowest BCUT2D eigenvalue weighted by Crippen LogP contribution is -2.31. The molecule has 2 rings (SSSR count). The summed E-state index contributed by atoms with van der Waals surface area (Å²) in [7, 11) is 0.